The summed E-state index contributed by atoms with van der Waals surface area (Å²) in [5.41, 5.74) is 4.52. The molecule has 10 heteroatoms. The van der Waals surface area contributed by atoms with Gasteiger partial charge in [0.05, 0.1) is 17.3 Å². The Morgan fingerprint density at radius 3 is 2.34 bits per heavy atom. The summed E-state index contributed by atoms with van der Waals surface area (Å²) >= 11 is 0. The number of carbonyl (C=O) groups is 1. The van der Waals surface area contributed by atoms with E-state index in [1.54, 1.807) is 30.3 Å². The van der Waals surface area contributed by atoms with Crippen LogP contribution in [0.1, 0.15) is 78.3 Å². The number of nitrogens with zero attached hydrogens (tertiary/aromatic N) is 4. The molecule has 4 heterocycles. The Morgan fingerprint density at radius 2 is 1.66 bits per heavy atom. The monoisotopic (exact) mass is 657 g/mol. The summed E-state index contributed by atoms with van der Waals surface area (Å²) in [6.45, 7) is 4.50. The number of benzene rings is 3. The fourth-order valence-electron chi connectivity index (χ4n) is 8.59. The molecule has 0 radical (unpaired) electrons. The minimum Gasteiger partial charge on any atom is -0.339 e. The van der Waals surface area contributed by atoms with Crippen molar-refractivity contribution in [1.29, 1.82) is 0 Å². The first-order valence-corrected chi connectivity index (χ1v) is 18.8. The van der Waals surface area contributed by atoms with E-state index in [4.69, 9.17) is 4.98 Å². The van der Waals surface area contributed by atoms with Crippen molar-refractivity contribution in [2.24, 2.45) is 0 Å². The van der Waals surface area contributed by atoms with Crippen LogP contribution in [0.2, 0.25) is 0 Å². The van der Waals surface area contributed by atoms with Crippen molar-refractivity contribution < 1.29 is 17.6 Å². The van der Waals surface area contributed by atoms with Gasteiger partial charge in [-0.1, -0.05) is 36.4 Å². The van der Waals surface area contributed by atoms with Crippen LogP contribution < -0.4 is 4.72 Å². The lowest BCUT2D eigenvalue weighted by Gasteiger charge is -2.45. The van der Waals surface area contributed by atoms with E-state index in [9.17, 15) is 17.6 Å². The Balaban J connectivity index is 1.03. The van der Waals surface area contributed by atoms with E-state index in [2.05, 4.69) is 51.4 Å². The number of piperidine rings is 2. The molecular formula is C37H44FN5O3S. The van der Waals surface area contributed by atoms with Crippen LogP contribution in [0.3, 0.4) is 0 Å². The van der Waals surface area contributed by atoms with Gasteiger partial charge in [-0.05, 0) is 111 Å². The van der Waals surface area contributed by atoms with Crippen LogP contribution in [0.15, 0.2) is 72.8 Å². The van der Waals surface area contributed by atoms with Gasteiger partial charge in [-0.15, -0.1) is 0 Å². The number of amides is 1. The molecule has 47 heavy (non-hydrogen) atoms. The molecule has 0 spiro atoms. The molecule has 3 aromatic carbocycles. The van der Waals surface area contributed by atoms with E-state index in [0.29, 0.717) is 36.8 Å². The number of halogens is 1. The number of fused-ring (bicyclic) bond motifs is 3. The zero-order valence-corrected chi connectivity index (χ0v) is 28.1. The van der Waals surface area contributed by atoms with E-state index >= 15 is 0 Å². The first-order valence-electron chi connectivity index (χ1n) is 16.9. The van der Waals surface area contributed by atoms with Crippen molar-refractivity contribution in [3.63, 3.8) is 0 Å². The highest BCUT2D eigenvalue weighted by molar-refractivity contribution is 7.88. The van der Waals surface area contributed by atoms with Gasteiger partial charge in [-0.3, -0.25) is 9.69 Å². The van der Waals surface area contributed by atoms with Crippen LogP contribution in [0.4, 0.5) is 4.39 Å². The van der Waals surface area contributed by atoms with E-state index < -0.39 is 10.0 Å². The van der Waals surface area contributed by atoms with E-state index in [1.807, 2.05) is 11.0 Å². The number of carbonyl (C=O) groups excluding carboxylic acids is 1. The second-order valence-electron chi connectivity index (χ2n) is 13.9. The van der Waals surface area contributed by atoms with Gasteiger partial charge in [-0.25, -0.2) is 22.5 Å². The van der Waals surface area contributed by atoms with Crippen molar-refractivity contribution in [2.75, 3.05) is 25.9 Å². The first kappa shape index (κ1) is 32.0. The number of rotatable bonds is 9. The van der Waals surface area contributed by atoms with Gasteiger partial charge in [0.15, 0.2) is 0 Å². The SMILES string of the molecule is Cc1nc2ccccc2n1C1C[C@H]2CC[C@@H](C1)N2CCC1(c2cccc(F)c2)CCN(C(=O)c2ccc(CNS(C)(=O)=O)cc2)CC1. The Bertz CT molecular complexity index is 1850. The first-order chi connectivity index (χ1) is 22.6. The maximum absolute atomic E-state index is 14.6. The molecule has 0 aliphatic carbocycles. The highest BCUT2D eigenvalue weighted by Crippen LogP contribution is 2.45. The third kappa shape index (κ3) is 6.60. The summed E-state index contributed by atoms with van der Waals surface area (Å²) in [6, 6.07) is 24.2. The summed E-state index contributed by atoms with van der Waals surface area (Å²) in [7, 11) is -3.29. The highest BCUT2D eigenvalue weighted by Gasteiger charge is 2.44. The Kier molecular flexibility index (Phi) is 8.70. The molecule has 248 valence electrons. The van der Waals surface area contributed by atoms with Gasteiger partial charge < -0.3 is 9.47 Å². The molecular weight excluding hydrogens is 614 g/mol. The summed E-state index contributed by atoms with van der Waals surface area (Å²) in [4.78, 5) is 23.0. The maximum Gasteiger partial charge on any atom is 0.253 e. The Hall–Kier alpha value is -3.60. The third-order valence-electron chi connectivity index (χ3n) is 11.0. The van der Waals surface area contributed by atoms with Crippen molar-refractivity contribution in [2.45, 2.75) is 82.0 Å². The fraction of sp³-hybridized carbons (Fsp3) is 0.459. The lowest BCUT2D eigenvalue weighted by atomic mass is 9.70. The minimum atomic E-state index is -3.29. The van der Waals surface area contributed by atoms with Crippen LogP contribution in [-0.2, 0) is 22.0 Å². The number of nitrogens with one attached hydrogen (secondary N) is 1. The standard InChI is InChI=1S/C37H44FN5O3S/c1-26-40-34-8-3-4-9-35(34)43(26)33-23-31-14-15-32(24-33)42(31)21-18-37(29-6-5-7-30(38)22-29)16-19-41(20-17-37)36(44)28-12-10-27(11-13-28)25-39-47(2,45)46/h3-13,22,31-33,39H,14-21,23-25H2,1-2H3/t31-,32+,33?. The zero-order chi connectivity index (χ0) is 32.8. The zero-order valence-electron chi connectivity index (χ0n) is 27.2. The smallest absolute Gasteiger partial charge is 0.253 e. The minimum absolute atomic E-state index is 0.0251. The molecule has 3 aliphatic heterocycles. The number of likely N-dealkylation sites (tertiary alicyclic amines) is 1. The largest absolute Gasteiger partial charge is 0.339 e. The lowest BCUT2D eigenvalue weighted by molar-refractivity contribution is 0.0606. The van der Waals surface area contributed by atoms with Crippen molar-refractivity contribution in [1.82, 2.24) is 24.1 Å². The van der Waals surface area contributed by atoms with E-state index in [1.165, 1.54) is 24.4 Å². The second-order valence-corrected chi connectivity index (χ2v) is 15.7. The number of hydrogen-bond donors (Lipinski definition) is 1. The van der Waals surface area contributed by atoms with E-state index in [-0.39, 0.29) is 23.7 Å². The fourth-order valence-corrected chi connectivity index (χ4v) is 9.02. The van der Waals surface area contributed by atoms with Crippen LogP contribution in [0.25, 0.3) is 11.0 Å². The van der Waals surface area contributed by atoms with Gasteiger partial charge in [0.25, 0.3) is 5.91 Å². The summed E-state index contributed by atoms with van der Waals surface area (Å²) in [6.07, 6.45) is 8.30. The van der Waals surface area contributed by atoms with Gasteiger partial charge in [-0.2, -0.15) is 0 Å². The average Bonchev–Trinajstić information content (AvgIpc) is 3.52. The summed E-state index contributed by atoms with van der Waals surface area (Å²) < 4.78 is 42.4. The predicted molar refractivity (Wildman–Crippen MR) is 182 cm³/mol. The average molecular weight is 658 g/mol. The molecule has 7 rings (SSSR count). The molecule has 0 saturated carbocycles. The number of para-hydroxylation sites is 2. The molecule has 4 aromatic rings. The third-order valence-corrected chi connectivity index (χ3v) is 11.7. The van der Waals surface area contributed by atoms with Crippen molar-refractivity contribution in [3.8, 4) is 0 Å². The van der Waals surface area contributed by atoms with Crippen LogP contribution in [0, 0.1) is 12.7 Å². The van der Waals surface area contributed by atoms with Gasteiger partial charge >= 0.3 is 0 Å². The molecule has 3 atom stereocenters. The molecule has 8 nitrogen and oxygen atoms in total. The summed E-state index contributed by atoms with van der Waals surface area (Å²) in [5.74, 6) is 0.854. The normalized spacial score (nSPS) is 23.0. The molecule has 1 N–H and O–H groups in total. The number of aromatic nitrogens is 2. The molecule has 3 fully saturated rings. The molecule has 1 unspecified atom stereocenters. The Labute approximate surface area is 277 Å². The molecule has 3 saturated heterocycles. The highest BCUT2D eigenvalue weighted by atomic mass is 32.2. The molecule has 2 bridgehead atoms. The number of imidazole rings is 1. The topological polar surface area (TPSA) is 87.5 Å². The number of sulfonamides is 1. The van der Waals surface area contributed by atoms with Crippen LogP contribution in [0.5, 0.6) is 0 Å². The van der Waals surface area contributed by atoms with Crippen molar-refractivity contribution in [3.05, 3.63) is 101 Å². The number of aryl methyl sites for hydroxylation is 1. The van der Waals surface area contributed by atoms with E-state index in [0.717, 1.165) is 67.4 Å². The Morgan fingerprint density at radius 1 is 0.957 bits per heavy atom. The summed E-state index contributed by atoms with van der Waals surface area (Å²) in [5, 5.41) is 0. The van der Waals surface area contributed by atoms with Crippen LogP contribution in [-0.4, -0.2) is 71.6 Å². The predicted octanol–water partition coefficient (Wildman–Crippen LogP) is 5.97. The van der Waals surface area contributed by atoms with Crippen LogP contribution >= 0.6 is 0 Å². The van der Waals surface area contributed by atoms with Gasteiger partial charge in [0.2, 0.25) is 10.0 Å². The molecule has 1 amide bonds. The quantitative estimate of drug-likeness (QED) is 0.240. The lowest BCUT2D eigenvalue weighted by Crippen LogP contribution is -2.49. The van der Waals surface area contributed by atoms with Gasteiger partial charge in [0.1, 0.15) is 11.6 Å². The maximum atomic E-state index is 14.6. The van der Waals surface area contributed by atoms with Gasteiger partial charge in [0, 0.05) is 43.3 Å². The second kappa shape index (κ2) is 12.8. The molecule has 3 aliphatic rings. The molecule has 1 aromatic heterocycles. The van der Waals surface area contributed by atoms with Crippen molar-refractivity contribution >= 4 is 27.0 Å². The number of hydrogen-bond acceptors (Lipinski definition) is 5.